The Morgan fingerprint density at radius 1 is 1.11 bits per heavy atom. The monoisotopic (exact) mass is 649 g/mol. The van der Waals surface area contributed by atoms with Crippen LogP contribution >= 0.6 is 11.3 Å². The number of carbonyl (C=O) groups excluding carboxylic acids is 3. The van der Waals surface area contributed by atoms with Gasteiger partial charge in [0, 0.05) is 62.8 Å². The second-order valence-corrected chi connectivity index (χ2v) is 14.2. The van der Waals surface area contributed by atoms with Crippen LogP contribution in [-0.4, -0.2) is 74.4 Å². The summed E-state index contributed by atoms with van der Waals surface area (Å²) >= 11 is 1.51. The summed E-state index contributed by atoms with van der Waals surface area (Å²) in [6, 6.07) is 7.83. The predicted molar refractivity (Wildman–Crippen MR) is 180 cm³/mol. The molecule has 1 aliphatic carbocycles. The van der Waals surface area contributed by atoms with Crippen LogP contribution in [0, 0.1) is 5.41 Å². The SMILES string of the molecule is CCC(CC)N(CCN(C)C(=O)CCC(=O)O)Cc1cccc(C(=O)Nc2sc3c(c2C(=O)c2cnn(C)c2)CCC(C)(C)C3)c1. The molecule has 0 atom stereocenters. The van der Waals surface area contributed by atoms with E-state index in [1.54, 1.807) is 42.1 Å². The first-order valence-corrected chi connectivity index (χ1v) is 16.9. The molecule has 1 aliphatic rings. The Bertz CT molecular complexity index is 1570. The first-order chi connectivity index (χ1) is 21.8. The number of rotatable bonds is 15. The fourth-order valence-corrected chi connectivity index (χ4v) is 7.64. The Balaban J connectivity index is 1.53. The third-order valence-electron chi connectivity index (χ3n) is 8.94. The number of carbonyl (C=O) groups is 4. The number of aryl methyl sites for hydroxylation is 1. The standard InChI is InChI=1S/C35H47N5O5S/c1-7-26(8-2)40(17-16-38(5)29(41)12-13-30(42)43)21-23-10-9-11-24(18-23)33(45)37-34-31(32(44)25-20-36-39(6)22-25)27-14-15-35(3,4)19-28(27)46-34/h9-11,18,20,22,26H,7-8,12-17,19,21H2,1-6H3,(H,37,45)(H,42,43). The average Bonchev–Trinajstić information content (AvgIpc) is 3.60. The molecule has 2 heterocycles. The highest BCUT2D eigenvalue weighted by atomic mass is 32.1. The molecule has 0 saturated heterocycles. The first-order valence-electron chi connectivity index (χ1n) is 16.1. The van der Waals surface area contributed by atoms with Crippen molar-refractivity contribution in [2.45, 2.75) is 85.2 Å². The number of thiophene rings is 1. The molecule has 2 aromatic heterocycles. The molecular formula is C35H47N5O5S. The number of benzene rings is 1. The number of likely N-dealkylation sites (N-methyl/N-ethyl adjacent to an activating group) is 1. The molecule has 2 N–H and O–H groups in total. The van der Waals surface area contributed by atoms with Crippen LogP contribution in [0.3, 0.4) is 0 Å². The fraction of sp³-hybridized carbons (Fsp3) is 0.514. The minimum atomic E-state index is -0.983. The quantitative estimate of drug-likeness (QED) is 0.200. The molecule has 0 spiro atoms. The molecule has 0 saturated carbocycles. The van der Waals surface area contributed by atoms with E-state index in [0.717, 1.165) is 48.1 Å². The van der Waals surface area contributed by atoms with Gasteiger partial charge < -0.3 is 15.3 Å². The summed E-state index contributed by atoms with van der Waals surface area (Å²) in [4.78, 5) is 55.8. The molecule has 0 unspecified atom stereocenters. The van der Waals surface area contributed by atoms with Crippen molar-refractivity contribution in [2.75, 3.05) is 25.5 Å². The zero-order chi connectivity index (χ0) is 33.6. The minimum Gasteiger partial charge on any atom is -0.481 e. The van der Waals surface area contributed by atoms with Crippen molar-refractivity contribution >= 4 is 39.9 Å². The lowest BCUT2D eigenvalue weighted by Crippen LogP contribution is -2.41. The van der Waals surface area contributed by atoms with E-state index >= 15 is 0 Å². The van der Waals surface area contributed by atoms with Gasteiger partial charge in [-0.1, -0.05) is 39.8 Å². The molecule has 3 aromatic rings. The predicted octanol–water partition coefficient (Wildman–Crippen LogP) is 5.79. The van der Waals surface area contributed by atoms with Gasteiger partial charge in [-0.2, -0.15) is 5.10 Å². The number of hydrogen-bond donors (Lipinski definition) is 2. The lowest BCUT2D eigenvalue weighted by atomic mass is 9.76. The third kappa shape index (κ3) is 8.70. The van der Waals surface area contributed by atoms with E-state index in [1.165, 1.54) is 11.3 Å². The van der Waals surface area contributed by atoms with E-state index in [9.17, 15) is 19.2 Å². The number of aromatic nitrogens is 2. The van der Waals surface area contributed by atoms with Gasteiger partial charge in [0.1, 0.15) is 5.00 Å². The second-order valence-electron chi connectivity index (χ2n) is 13.1. The van der Waals surface area contributed by atoms with E-state index in [1.807, 2.05) is 18.2 Å². The minimum absolute atomic E-state index is 0.0193. The lowest BCUT2D eigenvalue weighted by Gasteiger charge is -2.32. The molecule has 4 rings (SSSR count). The summed E-state index contributed by atoms with van der Waals surface area (Å²) in [7, 11) is 3.49. The number of ketones is 1. The van der Waals surface area contributed by atoms with E-state index in [-0.39, 0.29) is 41.9 Å². The van der Waals surface area contributed by atoms with Crippen molar-refractivity contribution in [3.63, 3.8) is 0 Å². The number of carboxylic acid groups (broad SMARTS) is 1. The van der Waals surface area contributed by atoms with Gasteiger partial charge in [-0.3, -0.25) is 28.8 Å². The molecule has 0 radical (unpaired) electrons. The van der Waals surface area contributed by atoms with Crippen LogP contribution < -0.4 is 5.32 Å². The highest BCUT2D eigenvalue weighted by Crippen LogP contribution is 2.44. The van der Waals surface area contributed by atoms with Gasteiger partial charge in [-0.15, -0.1) is 11.3 Å². The number of carboxylic acids is 1. The van der Waals surface area contributed by atoms with Crippen LogP contribution in [0.5, 0.6) is 0 Å². The maximum absolute atomic E-state index is 13.8. The summed E-state index contributed by atoms with van der Waals surface area (Å²) in [6.45, 7) is 10.4. The molecule has 11 heteroatoms. The summed E-state index contributed by atoms with van der Waals surface area (Å²) in [5.41, 5.74) is 3.72. The van der Waals surface area contributed by atoms with Gasteiger partial charge in [0.15, 0.2) is 5.78 Å². The molecule has 46 heavy (non-hydrogen) atoms. The topological polar surface area (TPSA) is 125 Å². The van der Waals surface area contributed by atoms with Crippen molar-refractivity contribution in [3.05, 3.63) is 69.4 Å². The third-order valence-corrected chi connectivity index (χ3v) is 10.1. The highest BCUT2D eigenvalue weighted by molar-refractivity contribution is 7.17. The highest BCUT2D eigenvalue weighted by Gasteiger charge is 2.33. The maximum Gasteiger partial charge on any atom is 0.303 e. The van der Waals surface area contributed by atoms with E-state index in [4.69, 9.17) is 5.11 Å². The molecule has 0 fully saturated rings. The number of nitrogens with zero attached hydrogens (tertiary/aromatic N) is 4. The fourth-order valence-electron chi connectivity index (χ4n) is 6.14. The number of hydrogen-bond acceptors (Lipinski definition) is 7. The largest absolute Gasteiger partial charge is 0.481 e. The first kappa shape index (κ1) is 35.0. The van der Waals surface area contributed by atoms with Gasteiger partial charge in [0.2, 0.25) is 5.91 Å². The van der Waals surface area contributed by atoms with Gasteiger partial charge in [-0.05, 0) is 60.8 Å². The zero-order valence-electron chi connectivity index (χ0n) is 27.9. The summed E-state index contributed by atoms with van der Waals surface area (Å²) in [6.07, 6.45) is 7.57. The molecule has 2 amide bonds. The van der Waals surface area contributed by atoms with E-state index in [2.05, 4.69) is 43.0 Å². The number of amides is 2. The van der Waals surface area contributed by atoms with Gasteiger partial charge >= 0.3 is 5.97 Å². The number of fused-ring (bicyclic) bond motifs is 1. The normalized spacial score (nSPS) is 13.9. The number of anilines is 1. The molecule has 0 aliphatic heterocycles. The number of aliphatic carboxylic acids is 1. The Morgan fingerprint density at radius 2 is 1.85 bits per heavy atom. The van der Waals surface area contributed by atoms with Crippen LogP contribution in [0.4, 0.5) is 5.00 Å². The molecule has 1 aromatic carbocycles. The van der Waals surface area contributed by atoms with Crippen LogP contribution in [0.2, 0.25) is 0 Å². The maximum atomic E-state index is 13.8. The van der Waals surface area contributed by atoms with Gasteiger partial charge in [0.05, 0.1) is 23.7 Å². The second kappa shape index (κ2) is 15.2. The molecule has 10 nitrogen and oxygen atoms in total. The van der Waals surface area contributed by atoms with Crippen molar-refractivity contribution in [3.8, 4) is 0 Å². The molecular weight excluding hydrogens is 602 g/mol. The Kier molecular flexibility index (Phi) is 11.6. The summed E-state index contributed by atoms with van der Waals surface area (Å²) in [5.74, 6) is -1.56. The zero-order valence-corrected chi connectivity index (χ0v) is 28.7. The van der Waals surface area contributed by atoms with Crippen LogP contribution in [0.15, 0.2) is 36.7 Å². The lowest BCUT2D eigenvalue weighted by molar-refractivity contribution is -0.140. The Hall–Kier alpha value is -3.83. The molecule has 248 valence electrons. The summed E-state index contributed by atoms with van der Waals surface area (Å²) < 4.78 is 1.61. The smallest absolute Gasteiger partial charge is 0.303 e. The van der Waals surface area contributed by atoms with Crippen LogP contribution in [0.25, 0.3) is 0 Å². The van der Waals surface area contributed by atoms with E-state index < -0.39 is 5.97 Å². The van der Waals surface area contributed by atoms with Crippen molar-refractivity contribution in [2.24, 2.45) is 12.5 Å². The van der Waals surface area contributed by atoms with Crippen molar-refractivity contribution < 1.29 is 24.3 Å². The van der Waals surface area contributed by atoms with Gasteiger partial charge in [-0.25, -0.2) is 0 Å². The van der Waals surface area contributed by atoms with Crippen molar-refractivity contribution in [1.82, 2.24) is 19.6 Å². The summed E-state index contributed by atoms with van der Waals surface area (Å²) in [5, 5.41) is 16.8. The van der Waals surface area contributed by atoms with Gasteiger partial charge in [0.25, 0.3) is 5.91 Å². The van der Waals surface area contributed by atoms with Crippen LogP contribution in [0.1, 0.15) is 102 Å². The molecule has 0 bridgehead atoms. The van der Waals surface area contributed by atoms with Crippen molar-refractivity contribution in [1.29, 1.82) is 0 Å². The average molecular weight is 650 g/mol. The van der Waals surface area contributed by atoms with Crippen LogP contribution in [-0.2, 0) is 36.0 Å². The number of nitrogens with one attached hydrogen (secondary N) is 1. The van der Waals surface area contributed by atoms with E-state index in [0.29, 0.717) is 41.3 Å². The Morgan fingerprint density at radius 3 is 2.50 bits per heavy atom. The Labute approximate surface area is 275 Å².